The van der Waals surface area contributed by atoms with Crippen molar-refractivity contribution in [3.8, 4) is 0 Å². The van der Waals surface area contributed by atoms with Gasteiger partial charge in [0.25, 0.3) is 0 Å². The standard InChI is InChI=1S/C17H24N4S/c1-4-21-12-16(14(3)20-21)13(2)19-17(22)18-11-10-15-8-6-5-7-9-15/h5-9,12-13H,4,10-11H2,1-3H3,(H2,18,19,22). The second-order valence-corrected chi connectivity index (χ2v) is 5.79. The van der Waals surface area contributed by atoms with Gasteiger partial charge in [-0.3, -0.25) is 4.68 Å². The van der Waals surface area contributed by atoms with Crippen molar-refractivity contribution in [2.45, 2.75) is 39.8 Å². The molecule has 1 unspecified atom stereocenters. The van der Waals surface area contributed by atoms with Crippen molar-refractivity contribution in [3.63, 3.8) is 0 Å². The van der Waals surface area contributed by atoms with Gasteiger partial charge in [0.2, 0.25) is 0 Å². The van der Waals surface area contributed by atoms with Crippen LogP contribution in [0.2, 0.25) is 0 Å². The number of hydrogen-bond acceptors (Lipinski definition) is 2. The van der Waals surface area contributed by atoms with E-state index < -0.39 is 0 Å². The average Bonchev–Trinajstić information content (AvgIpc) is 2.89. The van der Waals surface area contributed by atoms with E-state index in [0.29, 0.717) is 5.11 Å². The molecule has 0 aliphatic rings. The van der Waals surface area contributed by atoms with Gasteiger partial charge >= 0.3 is 0 Å². The number of nitrogens with one attached hydrogen (secondary N) is 2. The first kappa shape index (κ1) is 16.5. The highest BCUT2D eigenvalue weighted by molar-refractivity contribution is 7.80. The smallest absolute Gasteiger partial charge is 0.166 e. The van der Waals surface area contributed by atoms with E-state index in [2.05, 4.69) is 60.0 Å². The highest BCUT2D eigenvalue weighted by Crippen LogP contribution is 2.15. The third-order valence-corrected chi connectivity index (χ3v) is 3.93. The van der Waals surface area contributed by atoms with Crippen LogP contribution in [0.1, 0.15) is 36.7 Å². The first-order valence-corrected chi connectivity index (χ1v) is 8.13. The molecule has 4 nitrogen and oxygen atoms in total. The summed E-state index contributed by atoms with van der Waals surface area (Å²) in [5, 5.41) is 11.8. The molecule has 0 amide bonds. The van der Waals surface area contributed by atoms with Crippen LogP contribution >= 0.6 is 12.2 Å². The summed E-state index contributed by atoms with van der Waals surface area (Å²) in [6, 6.07) is 10.6. The lowest BCUT2D eigenvalue weighted by Gasteiger charge is -2.16. The molecule has 0 saturated carbocycles. The Morgan fingerprint density at radius 3 is 2.68 bits per heavy atom. The molecular formula is C17H24N4S. The van der Waals surface area contributed by atoms with E-state index in [4.69, 9.17) is 12.2 Å². The molecule has 2 rings (SSSR count). The number of thiocarbonyl (C=S) groups is 1. The van der Waals surface area contributed by atoms with Crippen LogP contribution in [-0.2, 0) is 13.0 Å². The molecule has 0 aliphatic carbocycles. The molecule has 0 radical (unpaired) electrons. The molecule has 2 aromatic rings. The topological polar surface area (TPSA) is 41.9 Å². The van der Waals surface area contributed by atoms with Crippen LogP contribution in [-0.4, -0.2) is 21.4 Å². The van der Waals surface area contributed by atoms with Crippen molar-refractivity contribution < 1.29 is 0 Å². The summed E-state index contributed by atoms with van der Waals surface area (Å²) in [4.78, 5) is 0. The monoisotopic (exact) mass is 316 g/mol. The maximum absolute atomic E-state index is 5.37. The summed E-state index contributed by atoms with van der Waals surface area (Å²) >= 11 is 5.37. The van der Waals surface area contributed by atoms with Crippen LogP contribution in [0.15, 0.2) is 36.5 Å². The van der Waals surface area contributed by atoms with E-state index in [1.165, 1.54) is 11.1 Å². The van der Waals surface area contributed by atoms with Gasteiger partial charge in [0.05, 0.1) is 11.7 Å². The molecule has 0 fully saturated rings. The van der Waals surface area contributed by atoms with Gasteiger partial charge in [-0.05, 0) is 45.0 Å². The summed E-state index contributed by atoms with van der Waals surface area (Å²) in [5.41, 5.74) is 3.55. The van der Waals surface area contributed by atoms with E-state index in [-0.39, 0.29) is 6.04 Å². The van der Waals surface area contributed by atoms with Crippen molar-refractivity contribution in [2.75, 3.05) is 6.54 Å². The first-order valence-electron chi connectivity index (χ1n) is 7.72. The summed E-state index contributed by atoms with van der Waals surface area (Å²) < 4.78 is 1.95. The predicted molar refractivity (Wildman–Crippen MR) is 94.9 cm³/mol. The van der Waals surface area contributed by atoms with Crippen LogP contribution in [0.4, 0.5) is 0 Å². The van der Waals surface area contributed by atoms with E-state index >= 15 is 0 Å². The Morgan fingerprint density at radius 1 is 1.32 bits per heavy atom. The zero-order valence-corrected chi connectivity index (χ0v) is 14.3. The highest BCUT2D eigenvalue weighted by atomic mass is 32.1. The molecule has 118 valence electrons. The van der Waals surface area contributed by atoms with Gasteiger partial charge in [-0.2, -0.15) is 5.10 Å². The molecule has 1 aromatic heterocycles. The van der Waals surface area contributed by atoms with Crippen LogP contribution in [0, 0.1) is 6.92 Å². The number of benzene rings is 1. The summed E-state index contributed by atoms with van der Waals surface area (Å²) in [6.07, 6.45) is 3.05. The Balaban J connectivity index is 1.80. The van der Waals surface area contributed by atoms with Crippen LogP contribution in [0.3, 0.4) is 0 Å². The Morgan fingerprint density at radius 2 is 2.05 bits per heavy atom. The van der Waals surface area contributed by atoms with Crippen molar-refractivity contribution in [1.29, 1.82) is 0 Å². The molecule has 1 atom stereocenters. The molecule has 0 spiro atoms. The summed E-state index contributed by atoms with van der Waals surface area (Å²) in [6.45, 7) is 7.94. The Kier molecular flexibility index (Phi) is 5.95. The zero-order valence-electron chi connectivity index (χ0n) is 13.5. The predicted octanol–water partition coefficient (Wildman–Crippen LogP) is 2.98. The number of aryl methyl sites for hydroxylation is 2. The summed E-state index contributed by atoms with van der Waals surface area (Å²) in [7, 11) is 0. The highest BCUT2D eigenvalue weighted by Gasteiger charge is 2.12. The third-order valence-electron chi connectivity index (χ3n) is 3.66. The van der Waals surface area contributed by atoms with Gasteiger partial charge in [-0.15, -0.1) is 0 Å². The maximum atomic E-state index is 5.37. The van der Waals surface area contributed by atoms with E-state index in [1.807, 2.05) is 17.7 Å². The molecule has 22 heavy (non-hydrogen) atoms. The van der Waals surface area contributed by atoms with Crippen molar-refractivity contribution in [2.24, 2.45) is 0 Å². The molecule has 0 saturated heterocycles. The molecular weight excluding hydrogens is 292 g/mol. The minimum Gasteiger partial charge on any atom is -0.362 e. The van der Waals surface area contributed by atoms with Gasteiger partial charge in [-0.25, -0.2) is 0 Å². The van der Waals surface area contributed by atoms with Gasteiger partial charge < -0.3 is 10.6 Å². The number of hydrogen-bond donors (Lipinski definition) is 2. The lowest BCUT2D eigenvalue weighted by molar-refractivity contribution is 0.651. The molecule has 5 heteroatoms. The fraction of sp³-hybridized carbons (Fsp3) is 0.412. The van der Waals surface area contributed by atoms with Crippen LogP contribution < -0.4 is 10.6 Å². The fourth-order valence-corrected chi connectivity index (χ4v) is 2.69. The van der Waals surface area contributed by atoms with Gasteiger partial charge in [0, 0.05) is 24.8 Å². The average molecular weight is 316 g/mol. The number of nitrogens with zero attached hydrogens (tertiary/aromatic N) is 2. The minimum atomic E-state index is 0.150. The van der Waals surface area contributed by atoms with Crippen LogP contribution in [0.25, 0.3) is 0 Å². The van der Waals surface area contributed by atoms with Gasteiger partial charge in [0.1, 0.15) is 0 Å². The van der Waals surface area contributed by atoms with E-state index in [1.54, 1.807) is 0 Å². The Labute approximate surface area is 137 Å². The number of aromatic nitrogens is 2. The molecule has 1 aromatic carbocycles. The maximum Gasteiger partial charge on any atom is 0.166 e. The van der Waals surface area contributed by atoms with Crippen molar-refractivity contribution in [1.82, 2.24) is 20.4 Å². The number of rotatable bonds is 6. The second kappa shape index (κ2) is 7.94. The van der Waals surface area contributed by atoms with Crippen LogP contribution in [0.5, 0.6) is 0 Å². The normalized spacial score (nSPS) is 12.0. The lowest BCUT2D eigenvalue weighted by atomic mass is 10.1. The zero-order chi connectivity index (χ0) is 15.9. The van der Waals surface area contributed by atoms with Gasteiger partial charge in [-0.1, -0.05) is 30.3 Å². The van der Waals surface area contributed by atoms with Crippen molar-refractivity contribution in [3.05, 3.63) is 53.3 Å². The minimum absolute atomic E-state index is 0.150. The Hall–Kier alpha value is -1.88. The molecule has 0 aliphatic heterocycles. The fourth-order valence-electron chi connectivity index (χ4n) is 2.41. The third kappa shape index (κ3) is 4.56. The quantitative estimate of drug-likeness (QED) is 0.804. The second-order valence-electron chi connectivity index (χ2n) is 5.38. The molecule has 0 bridgehead atoms. The molecule has 2 N–H and O–H groups in total. The Bertz CT molecular complexity index is 606. The largest absolute Gasteiger partial charge is 0.362 e. The molecule has 1 heterocycles. The van der Waals surface area contributed by atoms with E-state index in [0.717, 1.165) is 25.2 Å². The SMILES string of the molecule is CCn1cc(C(C)NC(=S)NCCc2ccccc2)c(C)n1. The van der Waals surface area contributed by atoms with Gasteiger partial charge in [0.15, 0.2) is 5.11 Å². The first-order chi connectivity index (χ1) is 10.6. The lowest BCUT2D eigenvalue weighted by Crippen LogP contribution is -2.37. The summed E-state index contributed by atoms with van der Waals surface area (Å²) in [5.74, 6) is 0. The van der Waals surface area contributed by atoms with Crippen molar-refractivity contribution >= 4 is 17.3 Å². The van der Waals surface area contributed by atoms with E-state index in [9.17, 15) is 0 Å².